The number of nitrogens with one attached hydrogen (secondary N) is 1. The highest BCUT2D eigenvalue weighted by atomic mass is 35.5. The van der Waals surface area contributed by atoms with Crippen LogP contribution in [0.3, 0.4) is 0 Å². The molecule has 148 valence electrons. The maximum absolute atomic E-state index is 12.4. The van der Waals surface area contributed by atoms with E-state index >= 15 is 0 Å². The first-order valence-corrected chi connectivity index (χ1v) is 10.1. The average molecular weight is 429 g/mol. The SMILES string of the molecule is Cn1c(SCC(=O)Nc2ccnn2Cc2ccccc2Cl)nnc1-c1ccco1. The number of benzene rings is 1. The first kappa shape index (κ1) is 19.3. The Balaban J connectivity index is 1.38. The van der Waals surface area contributed by atoms with Crippen LogP contribution in [0.25, 0.3) is 11.6 Å². The van der Waals surface area contributed by atoms with Crippen LogP contribution in [-0.4, -0.2) is 36.2 Å². The van der Waals surface area contributed by atoms with Crippen molar-refractivity contribution in [1.82, 2.24) is 24.5 Å². The molecule has 0 unspecified atom stereocenters. The van der Waals surface area contributed by atoms with Crippen LogP contribution >= 0.6 is 23.4 Å². The van der Waals surface area contributed by atoms with Crippen LogP contribution in [0, 0.1) is 0 Å². The first-order valence-electron chi connectivity index (χ1n) is 8.73. The Labute approximate surface area is 175 Å². The molecule has 0 bridgehead atoms. The summed E-state index contributed by atoms with van der Waals surface area (Å²) in [5, 5.41) is 16.7. The number of hydrogen-bond donors (Lipinski definition) is 1. The van der Waals surface area contributed by atoms with E-state index in [0.29, 0.717) is 34.1 Å². The summed E-state index contributed by atoms with van der Waals surface area (Å²) in [6.45, 7) is 0.464. The van der Waals surface area contributed by atoms with Gasteiger partial charge in [-0.2, -0.15) is 5.10 Å². The van der Waals surface area contributed by atoms with Gasteiger partial charge in [0.15, 0.2) is 16.7 Å². The number of halogens is 1. The standard InChI is InChI=1S/C19H17ClN6O2S/c1-25-18(15-7-4-10-28-15)23-24-19(25)29-12-17(27)22-16-8-9-21-26(16)11-13-5-2-3-6-14(13)20/h2-10H,11-12H2,1H3,(H,22,27). The minimum Gasteiger partial charge on any atom is -0.461 e. The summed E-state index contributed by atoms with van der Waals surface area (Å²) in [5.41, 5.74) is 0.923. The van der Waals surface area contributed by atoms with E-state index in [9.17, 15) is 4.79 Å². The fraction of sp³-hybridized carbons (Fsp3) is 0.158. The molecule has 3 heterocycles. The lowest BCUT2D eigenvalue weighted by Crippen LogP contribution is -2.18. The molecule has 0 saturated carbocycles. The summed E-state index contributed by atoms with van der Waals surface area (Å²) in [5.74, 6) is 1.85. The predicted molar refractivity (Wildman–Crippen MR) is 111 cm³/mol. The van der Waals surface area contributed by atoms with Gasteiger partial charge in [-0.25, -0.2) is 4.68 Å². The van der Waals surface area contributed by atoms with Gasteiger partial charge in [-0.1, -0.05) is 41.6 Å². The lowest BCUT2D eigenvalue weighted by atomic mass is 10.2. The molecule has 0 aliphatic rings. The fourth-order valence-corrected chi connectivity index (χ4v) is 3.63. The van der Waals surface area contributed by atoms with Gasteiger partial charge in [0.1, 0.15) is 5.82 Å². The zero-order valence-electron chi connectivity index (χ0n) is 15.4. The number of carbonyl (C=O) groups excluding carboxylic acids is 1. The van der Waals surface area contributed by atoms with Gasteiger partial charge in [-0.3, -0.25) is 4.79 Å². The number of amides is 1. The Morgan fingerprint density at radius 2 is 2.07 bits per heavy atom. The molecule has 29 heavy (non-hydrogen) atoms. The lowest BCUT2D eigenvalue weighted by Gasteiger charge is -2.10. The number of hydrogen-bond acceptors (Lipinski definition) is 6. The third-order valence-corrected chi connectivity index (χ3v) is 5.56. The molecule has 0 fully saturated rings. The summed E-state index contributed by atoms with van der Waals surface area (Å²) in [6, 6.07) is 12.9. The highest BCUT2D eigenvalue weighted by Crippen LogP contribution is 2.23. The Hall–Kier alpha value is -3.04. The van der Waals surface area contributed by atoms with Crippen LogP contribution in [0.1, 0.15) is 5.56 Å². The highest BCUT2D eigenvalue weighted by molar-refractivity contribution is 7.99. The maximum atomic E-state index is 12.4. The number of thioether (sulfide) groups is 1. The summed E-state index contributed by atoms with van der Waals surface area (Å²) >= 11 is 7.51. The van der Waals surface area contributed by atoms with Gasteiger partial charge in [0.05, 0.1) is 24.8 Å². The summed E-state index contributed by atoms with van der Waals surface area (Å²) in [7, 11) is 1.83. The third-order valence-electron chi connectivity index (χ3n) is 4.17. The molecular weight excluding hydrogens is 412 g/mol. The molecule has 4 aromatic rings. The van der Waals surface area contributed by atoms with Gasteiger partial charge >= 0.3 is 0 Å². The van der Waals surface area contributed by atoms with Crippen LogP contribution in [0.4, 0.5) is 5.82 Å². The van der Waals surface area contributed by atoms with Crippen LogP contribution in [0.15, 0.2) is 64.5 Å². The Bertz CT molecular complexity index is 1120. The van der Waals surface area contributed by atoms with E-state index in [1.807, 2.05) is 37.4 Å². The largest absolute Gasteiger partial charge is 0.461 e. The molecule has 0 spiro atoms. The van der Waals surface area contributed by atoms with Crippen molar-refractivity contribution < 1.29 is 9.21 Å². The second-order valence-corrected chi connectivity index (χ2v) is 7.49. The van der Waals surface area contributed by atoms with Gasteiger partial charge in [0.2, 0.25) is 5.91 Å². The number of furan rings is 1. The normalized spacial score (nSPS) is 11.0. The predicted octanol–water partition coefficient (Wildman–Crippen LogP) is 3.70. The molecule has 8 nitrogen and oxygen atoms in total. The van der Waals surface area contributed by atoms with Gasteiger partial charge in [0, 0.05) is 18.1 Å². The van der Waals surface area contributed by atoms with Crippen molar-refractivity contribution in [3.63, 3.8) is 0 Å². The molecular formula is C19H17ClN6O2S. The monoisotopic (exact) mass is 428 g/mol. The molecule has 1 N–H and O–H groups in total. The Morgan fingerprint density at radius 1 is 1.21 bits per heavy atom. The zero-order valence-corrected chi connectivity index (χ0v) is 17.0. The highest BCUT2D eigenvalue weighted by Gasteiger charge is 2.15. The zero-order chi connectivity index (χ0) is 20.2. The molecule has 0 saturated heterocycles. The molecule has 0 aliphatic heterocycles. The number of rotatable bonds is 7. The van der Waals surface area contributed by atoms with E-state index in [1.54, 1.807) is 33.8 Å². The number of nitrogens with zero attached hydrogens (tertiary/aromatic N) is 5. The molecule has 4 rings (SSSR count). The minimum atomic E-state index is -0.168. The van der Waals surface area contributed by atoms with Crippen LogP contribution in [0.5, 0.6) is 0 Å². The minimum absolute atomic E-state index is 0.168. The topological polar surface area (TPSA) is 90.8 Å². The third kappa shape index (κ3) is 4.36. The maximum Gasteiger partial charge on any atom is 0.235 e. The van der Waals surface area contributed by atoms with Crippen LogP contribution < -0.4 is 5.32 Å². The summed E-state index contributed by atoms with van der Waals surface area (Å²) in [6.07, 6.45) is 3.22. The Kier molecular flexibility index (Phi) is 5.68. The lowest BCUT2D eigenvalue weighted by molar-refractivity contribution is -0.113. The van der Waals surface area contributed by atoms with Gasteiger partial charge < -0.3 is 14.3 Å². The van der Waals surface area contributed by atoms with E-state index in [1.165, 1.54) is 11.8 Å². The van der Waals surface area contributed by atoms with E-state index in [4.69, 9.17) is 16.0 Å². The summed E-state index contributed by atoms with van der Waals surface area (Å²) < 4.78 is 8.83. The number of anilines is 1. The fourth-order valence-electron chi connectivity index (χ4n) is 2.72. The molecule has 1 amide bonds. The second-order valence-electron chi connectivity index (χ2n) is 6.14. The smallest absolute Gasteiger partial charge is 0.235 e. The number of carbonyl (C=O) groups is 1. The van der Waals surface area contributed by atoms with Gasteiger partial charge in [0.25, 0.3) is 0 Å². The quantitative estimate of drug-likeness (QED) is 0.451. The first-order chi connectivity index (χ1) is 14.1. The molecule has 3 aromatic heterocycles. The van der Waals surface area contributed by atoms with Crippen molar-refractivity contribution in [3.8, 4) is 11.6 Å². The van der Waals surface area contributed by atoms with E-state index in [-0.39, 0.29) is 11.7 Å². The second kappa shape index (κ2) is 8.54. The van der Waals surface area contributed by atoms with Crippen molar-refractivity contribution in [3.05, 3.63) is 65.5 Å². The molecule has 0 aliphatic carbocycles. The van der Waals surface area contributed by atoms with Crippen molar-refractivity contribution in [2.24, 2.45) is 7.05 Å². The van der Waals surface area contributed by atoms with E-state index in [2.05, 4.69) is 20.6 Å². The molecule has 0 radical (unpaired) electrons. The molecule has 10 heteroatoms. The van der Waals surface area contributed by atoms with Gasteiger partial charge in [-0.15, -0.1) is 10.2 Å². The summed E-state index contributed by atoms with van der Waals surface area (Å²) in [4.78, 5) is 12.4. The van der Waals surface area contributed by atoms with Crippen molar-refractivity contribution in [2.75, 3.05) is 11.1 Å². The van der Waals surface area contributed by atoms with Crippen LogP contribution in [0.2, 0.25) is 5.02 Å². The average Bonchev–Trinajstić information content (AvgIpc) is 3.45. The van der Waals surface area contributed by atoms with Crippen molar-refractivity contribution in [1.29, 1.82) is 0 Å². The number of aromatic nitrogens is 5. The van der Waals surface area contributed by atoms with E-state index in [0.717, 1.165) is 5.56 Å². The van der Waals surface area contributed by atoms with E-state index < -0.39 is 0 Å². The van der Waals surface area contributed by atoms with Crippen molar-refractivity contribution in [2.45, 2.75) is 11.7 Å². The molecule has 1 aromatic carbocycles. The van der Waals surface area contributed by atoms with Gasteiger partial charge in [-0.05, 0) is 23.8 Å². The van der Waals surface area contributed by atoms with Crippen molar-refractivity contribution >= 4 is 35.1 Å². The molecule has 0 atom stereocenters. The Morgan fingerprint density at radius 3 is 2.86 bits per heavy atom. The van der Waals surface area contributed by atoms with Crippen LogP contribution in [-0.2, 0) is 18.4 Å².